The van der Waals surface area contributed by atoms with Gasteiger partial charge in [0.25, 0.3) is 15.9 Å². The summed E-state index contributed by atoms with van der Waals surface area (Å²) < 4.78 is 38.6. The van der Waals surface area contributed by atoms with E-state index in [1.807, 2.05) is 13.0 Å². The summed E-state index contributed by atoms with van der Waals surface area (Å²) in [5.41, 5.74) is 1.71. The normalized spacial score (nSPS) is 13.7. The number of nitrogens with one attached hydrogen (secondary N) is 1. The molecule has 150 valence electrons. The van der Waals surface area contributed by atoms with Crippen LogP contribution in [0.15, 0.2) is 51.9 Å². The molecule has 1 aliphatic rings. The van der Waals surface area contributed by atoms with Gasteiger partial charge in [0, 0.05) is 12.6 Å². The Morgan fingerprint density at radius 2 is 2.00 bits per heavy atom. The smallest absolute Gasteiger partial charge is 0.265 e. The maximum Gasteiger partial charge on any atom is 0.265 e. The van der Waals surface area contributed by atoms with Gasteiger partial charge in [-0.3, -0.25) is 14.4 Å². The van der Waals surface area contributed by atoms with Crippen LogP contribution >= 0.6 is 0 Å². The molecule has 1 aromatic heterocycles. The predicted octanol–water partition coefficient (Wildman–Crippen LogP) is 2.41. The van der Waals surface area contributed by atoms with Gasteiger partial charge >= 0.3 is 0 Å². The number of fused-ring (bicyclic) bond motifs is 1. The van der Waals surface area contributed by atoms with E-state index in [9.17, 15) is 13.2 Å². The van der Waals surface area contributed by atoms with Crippen LogP contribution in [0.25, 0.3) is 0 Å². The van der Waals surface area contributed by atoms with Crippen LogP contribution in [0.3, 0.4) is 0 Å². The Kier molecular flexibility index (Phi) is 4.71. The van der Waals surface area contributed by atoms with Gasteiger partial charge in [-0.2, -0.15) is 4.98 Å². The molecule has 2 aromatic carbocycles. The molecule has 2 heterocycles. The fourth-order valence-corrected chi connectivity index (χ4v) is 4.06. The van der Waals surface area contributed by atoms with E-state index in [1.165, 1.54) is 23.1 Å². The molecule has 0 radical (unpaired) electrons. The standard InChI is InChI=1S/C19H18N4O5S/c1-12-4-3-5-14(8-12)22-29(25,26)15-6-7-17-16(9-15)23(19(24)11-27-17)10-18-20-13(2)28-21-18/h3-9,22H,10-11H2,1-2H3. The van der Waals surface area contributed by atoms with Crippen LogP contribution in [-0.2, 0) is 21.4 Å². The first-order valence-electron chi connectivity index (χ1n) is 8.78. The molecule has 0 spiro atoms. The van der Waals surface area contributed by atoms with Crippen molar-refractivity contribution in [2.75, 3.05) is 16.2 Å². The van der Waals surface area contributed by atoms with Gasteiger partial charge in [-0.05, 0) is 42.8 Å². The van der Waals surface area contributed by atoms with Crippen molar-refractivity contribution >= 4 is 27.3 Å². The number of ether oxygens (including phenoxy) is 1. The molecule has 1 amide bonds. The van der Waals surface area contributed by atoms with Crippen molar-refractivity contribution in [2.45, 2.75) is 25.3 Å². The first kappa shape index (κ1) is 18.9. The largest absolute Gasteiger partial charge is 0.482 e. The number of hydrogen-bond acceptors (Lipinski definition) is 7. The van der Waals surface area contributed by atoms with Crippen LogP contribution in [0.2, 0.25) is 0 Å². The molecule has 0 bridgehead atoms. The molecule has 0 saturated heterocycles. The molecular formula is C19H18N4O5S. The minimum atomic E-state index is -3.87. The molecule has 29 heavy (non-hydrogen) atoms. The van der Waals surface area contributed by atoms with Crippen LogP contribution in [0.1, 0.15) is 17.3 Å². The molecule has 0 unspecified atom stereocenters. The Morgan fingerprint density at radius 1 is 1.17 bits per heavy atom. The van der Waals surface area contributed by atoms with Gasteiger partial charge in [0.1, 0.15) is 5.75 Å². The summed E-state index contributed by atoms with van der Waals surface area (Å²) in [5, 5.41) is 3.80. The van der Waals surface area contributed by atoms with E-state index in [2.05, 4.69) is 14.9 Å². The molecule has 10 heteroatoms. The van der Waals surface area contributed by atoms with Gasteiger partial charge < -0.3 is 9.26 Å². The molecule has 0 atom stereocenters. The Morgan fingerprint density at radius 3 is 2.72 bits per heavy atom. The molecule has 3 aromatic rings. The molecule has 0 saturated carbocycles. The fraction of sp³-hybridized carbons (Fsp3) is 0.211. The van der Waals surface area contributed by atoms with Gasteiger partial charge in [0.2, 0.25) is 5.89 Å². The Labute approximate surface area is 167 Å². The third-order valence-electron chi connectivity index (χ3n) is 4.32. The summed E-state index contributed by atoms with van der Waals surface area (Å²) in [6, 6.07) is 11.4. The summed E-state index contributed by atoms with van der Waals surface area (Å²) in [4.78, 5) is 17.9. The third kappa shape index (κ3) is 3.92. The second-order valence-corrected chi connectivity index (χ2v) is 8.29. The van der Waals surface area contributed by atoms with Gasteiger partial charge in [0.05, 0.1) is 17.1 Å². The van der Waals surface area contributed by atoms with E-state index >= 15 is 0 Å². The predicted molar refractivity (Wildman–Crippen MR) is 104 cm³/mol. The van der Waals surface area contributed by atoms with E-state index in [-0.39, 0.29) is 24.0 Å². The molecule has 0 aliphatic carbocycles. The second kappa shape index (κ2) is 7.21. The maximum atomic E-state index is 12.9. The van der Waals surface area contributed by atoms with Gasteiger partial charge in [-0.15, -0.1) is 0 Å². The van der Waals surface area contributed by atoms with Crippen molar-refractivity contribution < 1.29 is 22.5 Å². The van der Waals surface area contributed by atoms with Gasteiger partial charge in [-0.25, -0.2) is 8.42 Å². The zero-order valence-electron chi connectivity index (χ0n) is 15.7. The number of aryl methyl sites for hydroxylation is 2. The Balaban J connectivity index is 1.68. The number of hydrogen-bond donors (Lipinski definition) is 1. The first-order valence-corrected chi connectivity index (χ1v) is 10.3. The topological polar surface area (TPSA) is 115 Å². The summed E-state index contributed by atoms with van der Waals surface area (Å²) in [7, 11) is -3.87. The van der Waals surface area contributed by atoms with E-state index < -0.39 is 10.0 Å². The Bertz CT molecular complexity index is 1190. The molecule has 0 fully saturated rings. The number of carbonyl (C=O) groups excluding carboxylic acids is 1. The van der Waals surface area contributed by atoms with Crippen LogP contribution < -0.4 is 14.4 Å². The van der Waals surface area contributed by atoms with Crippen LogP contribution in [0.5, 0.6) is 5.75 Å². The number of nitrogens with zero attached hydrogens (tertiary/aromatic N) is 3. The van der Waals surface area contributed by atoms with Crippen molar-refractivity contribution in [3.05, 3.63) is 59.7 Å². The van der Waals surface area contributed by atoms with Gasteiger partial charge in [0.15, 0.2) is 12.4 Å². The maximum absolute atomic E-state index is 12.9. The number of rotatable bonds is 5. The average molecular weight is 414 g/mol. The highest BCUT2D eigenvalue weighted by atomic mass is 32.2. The van der Waals surface area contributed by atoms with Gasteiger partial charge in [-0.1, -0.05) is 17.3 Å². The SMILES string of the molecule is Cc1cccc(NS(=O)(=O)c2ccc3c(c2)N(Cc2noc(C)n2)C(=O)CO3)c1. The van der Waals surface area contributed by atoms with E-state index in [0.29, 0.717) is 28.8 Å². The Hall–Kier alpha value is -3.40. The molecular weight excluding hydrogens is 396 g/mol. The van der Waals surface area contributed by atoms with Crippen molar-refractivity contribution in [1.82, 2.24) is 10.1 Å². The lowest BCUT2D eigenvalue weighted by Crippen LogP contribution is -2.38. The van der Waals surface area contributed by atoms with Crippen LogP contribution in [-0.4, -0.2) is 31.1 Å². The number of amides is 1. The summed E-state index contributed by atoms with van der Waals surface area (Å²) in [6.07, 6.45) is 0. The minimum absolute atomic E-state index is 0.00495. The minimum Gasteiger partial charge on any atom is -0.482 e. The first-order chi connectivity index (χ1) is 13.8. The molecule has 9 nitrogen and oxygen atoms in total. The number of aromatic nitrogens is 2. The number of carbonyl (C=O) groups is 1. The van der Waals surface area contributed by atoms with Crippen molar-refractivity contribution in [1.29, 1.82) is 0 Å². The van der Waals surface area contributed by atoms with E-state index in [4.69, 9.17) is 9.26 Å². The van der Waals surface area contributed by atoms with Crippen molar-refractivity contribution in [3.8, 4) is 5.75 Å². The monoisotopic (exact) mass is 414 g/mol. The third-order valence-corrected chi connectivity index (χ3v) is 5.70. The zero-order valence-corrected chi connectivity index (χ0v) is 16.6. The van der Waals surface area contributed by atoms with E-state index in [1.54, 1.807) is 25.1 Å². The van der Waals surface area contributed by atoms with Crippen molar-refractivity contribution in [3.63, 3.8) is 0 Å². The summed E-state index contributed by atoms with van der Waals surface area (Å²) >= 11 is 0. The molecule has 1 aliphatic heterocycles. The second-order valence-electron chi connectivity index (χ2n) is 6.60. The highest BCUT2D eigenvalue weighted by Crippen LogP contribution is 2.35. The lowest BCUT2D eigenvalue weighted by Gasteiger charge is -2.28. The summed E-state index contributed by atoms with van der Waals surface area (Å²) in [6.45, 7) is 3.41. The average Bonchev–Trinajstić information content (AvgIpc) is 3.08. The van der Waals surface area contributed by atoms with Crippen LogP contribution in [0.4, 0.5) is 11.4 Å². The zero-order chi connectivity index (χ0) is 20.6. The van der Waals surface area contributed by atoms with Crippen LogP contribution in [0, 0.1) is 13.8 Å². The quantitative estimate of drug-likeness (QED) is 0.682. The highest BCUT2D eigenvalue weighted by molar-refractivity contribution is 7.92. The lowest BCUT2D eigenvalue weighted by molar-refractivity contribution is -0.121. The van der Waals surface area contributed by atoms with Crippen molar-refractivity contribution in [2.24, 2.45) is 0 Å². The highest BCUT2D eigenvalue weighted by Gasteiger charge is 2.29. The lowest BCUT2D eigenvalue weighted by atomic mass is 10.2. The fourth-order valence-electron chi connectivity index (χ4n) is 2.99. The molecule has 4 rings (SSSR count). The number of benzene rings is 2. The number of sulfonamides is 1. The summed E-state index contributed by atoms with van der Waals surface area (Å²) in [5.74, 6) is 0.759. The number of anilines is 2. The molecule has 1 N–H and O–H groups in total. The van der Waals surface area contributed by atoms with E-state index in [0.717, 1.165) is 5.56 Å².